The zero-order valence-corrected chi connectivity index (χ0v) is 8.16. The summed E-state index contributed by atoms with van der Waals surface area (Å²) in [6, 6.07) is 4.87. The predicted molar refractivity (Wildman–Crippen MR) is 52.6 cm³/mol. The first-order valence-corrected chi connectivity index (χ1v) is 4.81. The zero-order chi connectivity index (χ0) is 10.1. The van der Waals surface area contributed by atoms with E-state index in [0.717, 1.165) is 5.56 Å². The SMILES string of the molecule is COc1cc(C(N)C2CC2)ccc1F. The molecule has 1 atom stereocenters. The second-order valence-corrected chi connectivity index (χ2v) is 3.76. The molecule has 1 aliphatic carbocycles. The van der Waals surface area contributed by atoms with Gasteiger partial charge in [-0.25, -0.2) is 4.39 Å². The van der Waals surface area contributed by atoms with Gasteiger partial charge in [-0.15, -0.1) is 0 Å². The van der Waals surface area contributed by atoms with Crippen LogP contribution >= 0.6 is 0 Å². The largest absolute Gasteiger partial charge is 0.494 e. The van der Waals surface area contributed by atoms with Crippen molar-refractivity contribution in [2.45, 2.75) is 18.9 Å². The number of hydrogen-bond acceptors (Lipinski definition) is 2. The lowest BCUT2D eigenvalue weighted by molar-refractivity contribution is 0.385. The molecule has 0 aromatic heterocycles. The summed E-state index contributed by atoms with van der Waals surface area (Å²) >= 11 is 0. The Morgan fingerprint density at radius 3 is 2.79 bits per heavy atom. The quantitative estimate of drug-likeness (QED) is 0.802. The molecule has 76 valence electrons. The molecule has 1 aromatic carbocycles. The second kappa shape index (κ2) is 3.58. The highest BCUT2D eigenvalue weighted by Crippen LogP contribution is 2.40. The Labute approximate surface area is 82.9 Å². The van der Waals surface area contributed by atoms with Gasteiger partial charge in [-0.2, -0.15) is 0 Å². The maximum Gasteiger partial charge on any atom is 0.165 e. The first-order chi connectivity index (χ1) is 6.72. The number of halogens is 1. The number of rotatable bonds is 3. The van der Waals surface area contributed by atoms with E-state index in [0.29, 0.717) is 5.92 Å². The Kier molecular flexibility index (Phi) is 2.42. The Morgan fingerprint density at radius 1 is 1.50 bits per heavy atom. The molecule has 1 aromatic rings. The molecule has 0 bridgehead atoms. The molecular formula is C11H14FNO. The van der Waals surface area contributed by atoms with Crippen molar-refractivity contribution in [1.29, 1.82) is 0 Å². The normalized spacial score (nSPS) is 17.9. The number of benzene rings is 1. The van der Waals surface area contributed by atoms with Gasteiger partial charge in [0.1, 0.15) is 0 Å². The van der Waals surface area contributed by atoms with Gasteiger partial charge in [0.15, 0.2) is 11.6 Å². The predicted octanol–water partition coefficient (Wildman–Crippen LogP) is 2.24. The molecular weight excluding hydrogens is 181 g/mol. The van der Waals surface area contributed by atoms with E-state index >= 15 is 0 Å². The molecule has 2 nitrogen and oxygen atoms in total. The topological polar surface area (TPSA) is 35.2 Å². The molecule has 0 radical (unpaired) electrons. The third kappa shape index (κ3) is 1.73. The van der Waals surface area contributed by atoms with Crippen LogP contribution in [-0.2, 0) is 0 Å². The van der Waals surface area contributed by atoms with E-state index in [4.69, 9.17) is 10.5 Å². The molecule has 2 rings (SSSR count). The summed E-state index contributed by atoms with van der Waals surface area (Å²) in [4.78, 5) is 0. The van der Waals surface area contributed by atoms with E-state index in [1.165, 1.54) is 26.0 Å². The average molecular weight is 195 g/mol. The molecule has 1 aliphatic rings. The summed E-state index contributed by atoms with van der Waals surface area (Å²) < 4.78 is 18.0. The van der Waals surface area contributed by atoms with Crippen LogP contribution in [0.25, 0.3) is 0 Å². The van der Waals surface area contributed by atoms with E-state index in [1.807, 2.05) is 0 Å². The first-order valence-electron chi connectivity index (χ1n) is 4.81. The van der Waals surface area contributed by atoms with Gasteiger partial charge in [-0.05, 0) is 36.5 Å². The van der Waals surface area contributed by atoms with Crippen molar-refractivity contribution in [3.05, 3.63) is 29.6 Å². The van der Waals surface area contributed by atoms with Gasteiger partial charge in [0.05, 0.1) is 7.11 Å². The summed E-state index contributed by atoms with van der Waals surface area (Å²) in [5.41, 5.74) is 6.96. The molecule has 14 heavy (non-hydrogen) atoms. The minimum Gasteiger partial charge on any atom is -0.494 e. The maximum atomic E-state index is 13.1. The summed E-state index contributed by atoms with van der Waals surface area (Å²) in [6.07, 6.45) is 2.36. The van der Waals surface area contributed by atoms with Gasteiger partial charge in [-0.3, -0.25) is 0 Å². The maximum absolute atomic E-state index is 13.1. The highest BCUT2D eigenvalue weighted by Gasteiger charge is 2.29. The molecule has 1 fully saturated rings. The third-order valence-corrected chi connectivity index (χ3v) is 2.69. The van der Waals surface area contributed by atoms with E-state index < -0.39 is 0 Å². The van der Waals surface area contributed by atoms with Gasteiger partial charge in [0, 0.05) is 6.04 Å². The molecule has 2 N–H and O–H groups in total. The fourth-order valence-electron chi connectivity index (χ4n) is 1.61. The molecule has 0 amide bonds. The standard InChI is InChI=1S/C11H14FNO/c1-14-10-6-8(4-5-9(10)12)11(13)7-2-3-7/h4-7,11H,2-3,13H2,1H3. The van der Waals surface area contributed by atoms with Crippen LogP contribution in [0.3, 0.4) is 0 Å². The van der Waals surface area contributed by atoms with Gasteiger partial charge in [0.25, 0.3) is 0 Å². The lowest BCUT2D eigenvalue weighted by Crippen LogP contribution is -2.12. The van der Waals surface area contributed by atoms with E-state index in [1.54, 1.807) is 12.1 Å². The van der Waals surface area contributed by atoms with Crippen molar-refractivity contribution in [2.24, 2.45) is 11.7 Å². The molecule has 3 heteroatoms. The van der Waals surface area contributed by atoms with Crippen LogP contribution in [-0.4, -0.2) is 7.11 Å². The second-order valence-electron chi connectivity index (χ2n) is 3.76. The van der Waals surface area contributed by atoms with Crippen LogP contribution in [0.15, 0.2) is 18.2 Å². The van der Waals surface area contributed by atoms with Crippen molar-refractivity contribution < 1.29 is 9.13 Å². The minimum absolute atomic E-state index is 0.0319. The number of nitrogens with two attached hydrogens (primary N) is 1. The van der Waals surface area contributed by atoms with E-state index in [2.05, 4.69) is 0 Å². The fraction of sp³-hybridized carbons (Fsp3) is 0.455. The van der Waals surface area contributed by atoms with Crippen molar-refractivity contribution in [1.82, 2.24) is 0 Å². The Hall–Kier alpha value is -1.09. The first kappa shape index (κ1) is 9.46. The lowest BCUT2D eigenvalue weighted by atomic mass is 10.0. The summed E-state index contributed by atoms with van der Waals surface area (Å²) in [5, 5.41) is 0. The van der Waals surface area contributed by atoms with Crippen molar-refractivity contribution in [3.63, 3.8) is 0 Å². The number of methoxy groups -OCH3 is 1. The summed E-state index contributed by atoms with van der Waals surface area (Å²) in [6.45, 7) is 0. The molecule has 1 saturated carbocycles. The van der Waals surface area contributed by atoms with Crippen LogP contribution < -0.4 is 10.5 Å². The minimum atomic E-state index is -0.334. The molecule has 1 unspecified atom stereocenters. The molecule has 0 spiro atoms. The van der Waals surface area contributed by atoms with Crippen LogP contribution in [0, 0.1) is 11.7 Å². The Morgan fingerprint density at radius 2 is 2.21 bits per heavy atom. The molecule has 0 saturated heterocycles. The van der Waals surface area contributed by atoms with Gasteiger partial charge in [-0.1, -0.05) is 6.07 Å². The number of hydrogen-bond donors (Lipinski definition) is 1. The Bertz CT molecular complexity index is 336. The smallest absolute Gasteiger partial charge is 0.165 e. The van der Waals surface area contributed by atoms with E-state index in [-0.39, 0.29) is 17.6 Å². The van der Waals surface area contributed by atoms with Crippen LogP contribution in [0.4, 0.5) is 4.39 Å². The highest BCUT2D eigenvalue weighted by atomic mass is 19.1. The average Bonchev–Trinajstić information content (AvgIpc) is 3.01. The zero-order valence-electron chi connectivity index (χ0n) is 8.16. The lowest BCUT2D eigenvalue weighted by Gasteiger charge is -2.12. The molecule has 0 aliphatic heterocycles. The van der Waals surface area contributed by atoms with Crippen molar-refractivity contribution >= 4 is 0 Å². The Balaban J connectivity index is 2.25. The van der Waals surface area contributed by atoms with Crippen LogP contribution in [0.1, 0.15) is 24.4 Å². The fourth-order valence-corrected chi connectivity index (χ4v) is 1.61. The van der Waals surface area contributed by atoms with Gasteiger partial charge >= 0.3 is 0 Å². The summed E-state index contributed by atoms with van der Waals surface area (Å²) in [5.74, 6) is 0.517. The van der Waals surface area contributed by atoms with Gasteiger partial charge in [0.2, 0.25) is 0 Å². The molecule has 0 heterocycles. The van der Waals surface area contributed by atoms with E-state index in [9.17, 15) is 4.39 Å². The third-order valence-electron chi connectivity index (χ3n) is 2.69. The monoisotopic (exact) mass is 195 g/mol. The number of ether oxygens (including phenoxy) is 1. The van der Waals surface area contributed by atoms with Crippen LogP contribution in [0.5, 0.6) is 5.75 Å². The van der Waals surface area contributed by atoms with Crippen molar-refractivity contribution in [2.75, 3.05) is 7.11 Å². The van der Waals surface area contributed by atoms with Crippen molar-refractivity contribution in [3.8, 4) is 5.75 Å². The van der Waals surface area contributed by atoms with Crippen LogP contribution in [0.2, 0.25) is 0 Å². The highest BCUT2D eigenvalue weighted by molar-refractivity contribution is 5.32. The van der Waals surface area contributed by atoms with Gasteiger partial charge < -0.3 is 10.5 Å². The summed E-state index contributed by atoms with van der Waals surface area (Å²) in [7, 11) is 1.46.